The third kappa shape index (κ3) is 9.19. The van der Waals surface area contributed by atoms with Crippen molar-refractivity contribution < 1.29 is 41.9 Å². The maximum Gasteiger partial charge on any atom is 0.469 e. The van der Waals surface area contributed by atoms with Crippen molar-refractivity contribution in [2.24, 2.45) is 5.73 Å². The zero-order valence-corrected chi connectivity index (χ0v) is 20.2. The van der Waals surface area contributed by atoms with Crippen molar-refractivity contribution in [3.05, 3.63) is 63.7 Å². The minimum atomic E-state index is -4.81. The van der Waals surface area contributed by atoms with Gasteiger partial charge in [0.1, 0.15) is 5.75 Å². The van der Waals surface area contributed by atoms with E-state index in [-0.39, 0.29) is 30.8 Å². The second kappa shape index (κ2) is 11.9. The summed E-state index contributed by atoms with van der Waals surface area (Å²) >= 11 is 6.09. The van der Waals surface area contributed by atoms with Crippen LogP contribution in [0.25, 0.3) is 0 Å². The Morgan fingerprint density at radius 1 is 1.09 bits per heavy atom. The van der Waals surface area contributed by atoms with E-state index < -0.39 is 38.3 Å². The molecule has 0 spiro atoms. The number of aliphatic hydroxyl groups is 1. The highest BCUT2D eigenvalue weighted by Crippen LogP contribution is 2.38. The van der Waals surface area contributed by atoms with E-state index >= 15 is 0 Å². The Morgan fingerprint density at radius 2 is 1.74 bits per heavy atom. The van der Waals surface area contributed by atoms with Gasteiger partial charge in [-0.2, -0.15) is 13.2 Å². The Hall–Kier alpha value is -1.65. The van der Waals surface area contributed by atoms with Crippen molar-refractivity contribution in [1.29, 1.82) is 0 Å². The van der Waals surface area contributed by atoms with E-state index in [1.165, 1.54) is 12.1 Å². The van der Waals surface area contributed by atoms with E-state index in [0.29, 0.717) is 17.9 Å². The first-order valence-electron chi connectivity index (χ1n) is 10.4. The molecule has 190 valence electrons. The molecule has 0 aliphatic carbocycles. The molecule has 0 fully saturated rings. The van der Waals surface area contributed by atoms with Crippen LogP contribution >= 0.6 is 19.4 Å². The molecule has 0 saturated carbocycles. The van der Waals surface area contributed by atoms with Crippen molar-refractivity contribution in [3.63, 3.8) is 0 Å². The lowest BCUT2D eigenvalue weighted by molar-refractivity contribution is -0.139. The van der Waals surface area contributed by atoms with Crippen LogP contribution < -0.4 is 10.5 Å². The Bertz CT molecular complexity index is 1020. The van der Waals surface area contributed by atoms with Crippen molar-refractivity contribution in [2.45, 2.75) is 44.3 Å². The molecule has 2 rings (SSSR count). The SMILES string of the molecule is Cc1ccc(CCCOc2ccc(CCC(N)(CO)COP(=O)(O)O)cc2C(F)(F)F)cc1Cl. The fourth-order valence-electron chi connectivity index (χ4n) is 3.13. The molecule has 2 aromatic rings. The monoisotopic (exact) mass is 525 g/mol. The van der Waals surface area contributed by atoms with Crippen LogP contribution in [0.1, 0.15) is 35.1 Å². The third-order valence-corrected chi connectivity index (χ3v) is 6.07. The van der Waals surface area contributed by atoms with Crippen molar-refractivity contribution in [1.82, 2.24) is 0 Å². The highest BCUT2D eigenvalue weighted by Gasteiger charge is 2.35. The van der Waals surface area contributed by atoms with Gasteiger partial charge in [-0.1, -0.05) is 29.8 Å². The number of ether oxygens (including phenoxy) is 1. The molecule has 0 heterocycles. The average Bonchev–Trinajstić information content (AvgIpc) is 2.75. The van der Waals surface area contributed by atoms with Crippen LogP contribution in [0.15, 0.2) is 36.4 Å². The molecule has 12 heteroatoms. The molecule has 0 bridgehead atoms. The number of hydrogen-bond acceptors (Lipinski definition) is 5. The summed E-state index contributed by atoms with van der Waals surface area (Å²) in [7, 11) is -4.81. The average molecular weight is 526 g/mol. The molecule has 34 heavy (non-hydrogen) atoms. The maximum absolute atomic E-state index is 13.6. The predicted octanol–water partition coefficient (Wildman–Crippen LogP) is 4.41. The van der Waals surface area contributed by atoms with Crippen LogP contribution in [0.4, 0.5) is 13.2 Å². The topological polar surface area (TPSA) is 122 Å². The van der Waals surface area contributed by atoms with E-state index in [1.807, 2.05) is 25.1 Å². The molecule has 1 unspecified atom stereocenters. The number of phosphoric ester groups is 1. The lowest BCUT2D eigenvalue weighted by Gasteiger charge is -2.27. The van der Waals surface area contributed by atoms with Crippen LogP contribution in [0, 0.1) is 6.92 Å². The molecular weight excluding hydrogens is 498 g/mol. The summed E-state index contributed by atoms with van der Waals surface area (Å²) in [6.45, 7) is 0.620. The number of phosphoric acid groups is 1. The normalized spacial score (nSPS) is 14.1. The molecular formula is C22H28ClF3NO6P. The third-order valence-electron chi connectivity index (χ3n) is 5.20. The number of rotatable bonds is 12. The van der Waals surface area contributed by atoms with Crippen LogP contribution in [-0.4, -0.2) is 40.3 Å². The van der Waals surface area contributed by atoms with Crippen LogP contribution in [-0.2, 0) is 28.1 Å². The number of hydrogen-bond donors (Lipinski definition) is 4. The molecule has 0 aliphatic heterocycles. The van der Waals surface area contributed by atoms with E-state index in [9.17, 15) is 22.8 Å². The van der Waals surface area contributed by atoms with Crippen LogP contribution in [0.5, 0.6) is 5.75 Å². The highest BCUT2D eigenvalue weighted by atomic mass is 35.5. The first kappa shape index (κ1) is 28.6. The summed E-state index contributed by atoms with van der Waals surface area (Å²) < 4.78 is 61.5. The highest BCUT2D eigenvalue weighted by molar-refractivity contribution is 7.46. The van der Waals surface area contributed by atoms with E-state index in [0.717, 1.165) is 17.2 Å². The minimum Gasteiger partial charge on any atom is -0.493 e. The fraction of sp³-hybridized carbons (Fsp3) is 0.455. The molecule has 0 aliphatic rings. The van der Waals surface area contributed by atoms with Crippen LogP contribution in [0.2, 0.25) is 5.02 Å². The van der Waals surface area contributed by atoms with Crippen LogP contribution in [0.3, 0.4) is 0 Å². The Morgan fingerprint density at radius 3 is 2.32 bits per heavy atom. The Kier molecular flexibility index (Phi) is 9.97. The number of alkyl halides is 3. The molecule has 0 aromatic heterocycles. The zero-order valence-electron chi connectivity index (χ0n) is 18.5. The van der Waals surface area contributed by atoms with Gasteiger partial charge in [0.2, 0.25) is 0 Å². The van der Waals surface area contributed by atoms with Crippen molar-refractivity contribution in [3.8, 4) is 5.75 Å². The molecule has 5 N–H and O–H groups in total. The lowest BCUT2D eigenvalue weighted by Crippen LogP contribution is -2.48. The van der Waals surface area contributed by atoms with Gasteiger partial charge in [-0.05, 0) is 67.5 Å². The van der Waals surface area contributed by atoms with Gasteiger partial charge in [0.25, 0.3) is 0 Å². The van der Waals surface area contributed by atoms with Gasteiger partial charge in [-0.25, -0.2) is 4.57 Å². The predicted molar refractivity (Wildman–Crippen MR) is 122 cm³/mol. The van der Waals surface area contributed by atoms with E-state index in [4.69, 9.17) is 31.9 Å². The fourth-order valence-corrected chi connectivity index (χ4v) is 3.76. The number of benzene rings is 2. The Labute approximate surface area is 200 Å². The van der Waals surface area contributed by atoms with Gasteiger partial charge in [-0.15, -0.1) is 0 Å². The van der Waals surface area contributed by atoms with Gasteiger partial charge in [0, 0.05) is 5.02 Å². The second-order valence-corrected chi connectivity index (χ2v) is 9.79. The van der Waals surface area contributed by atoms with E-state index in [1.54, 1.807) is 0 Å². The van der Waals surface area contributed by atoms with E-state index in [2.05, 4.69) is 4.52 Å². The standard InChI is InChI=1S/C22H28ClF3NO6P/c1-15-4-5-16(12-19(15)23)3-2-10-32-20-7-6-17(11-18(20)22(24,25)26)8-9-21(27,13-28)14-33-34(29,30)31/h4-7,11-12,28H,2-3,8-10,13-14,27H2,1H3,(H2,29,30,31). The minimum absolute atomic E-state index is 0.0130. The molecule has 0 saturated heterocycles. The quantitative estimate of drug-likeness (QED) is 0.239. The number of nitrogens with two attached hydrogens (primary N) is 1. The summed E-state index contributed by atoms with van der Waals surface area (Å²) in [4.78, 5) is 17.6. The van der Waals surface area contributed by atoms with Crippen molar-refractivity contribution in [2.75, 3.05) is 19.8 Å². The summed E-state index contributed by atoms with van der Waals surface area (Å²) in [5, 5.41) is 10.1. The molecule has 0 amide bonds. The van der Waals surface area contributed by atoms with Gasteiger partial charge >= 0.3 is 14.0 Å². The first-order chi connectivity index (χ1) is 15.7. The van der Waals surface area contributed by atoms with Gasteiger partial charge < -0.3 is 25.4 Å². The summed E-state index contributed by atoms with van der Waals surface area (Å²) in [5.41, 5.74) is 5.58. The number of aryl methyl sites for hydroxylation is 3. The summed E-state index contributed by atoms with van der Waals surface area (Å²) in [6.07, 6.45) is -3.63. The number of halogens is 4. The molecule has 2 aromatic carbocycles. The lowest BCUT2D eigenvalue weighted by atomic mass is 9.93. The maximum atomic E-state index is 13.6. The zero-order chi connectivity index (χ0) is 25.6. The first-order valence-corrected chi connectivity index (χ1v) is 12.3. The molecule has 0 radical (unpaired) electrons. The Balaban J connectivity index is 2.02. The molecule has 1 atom stereocenters. The van der Waals surface area contributed by atoms with Crippen molar-refractivity contribution >= 4 is 19.4 Å². The smallest absolute Gasteiger partial charge is 0.469 e. The number of aliphatic hydroxyl groups excluding tert-OH is 1. The molecule has 7 nitrogen and oxygen atoms in total. The van der Waals surface area contributed by atoms with Gasteiger partial charge in [0.05, 0.1) is 30.9 Å². The largest absolute Gasteiger partial charge is 0.493 e. The summed E-state index contributed by atoms with van der Waals surface area (Å²) in [5.74, 6) is -0.302. The van der Waals surface area contributed by atoms with Gasteiger partial charge in [-0.3, -0.25) is 4.52 Å². The van der Waals surface area contributed by atoms with Gasteiger partial charge in [0.15, 0.2) is 0 Å². The second-order valence-electron chi connectivity index (χ2n) is 8.15. The summed E-state index contributed by atoms with van der Waals surface area (Å²) in [6, 6.07) is 9.23.